The second kappa shape index (κ2) is 5.12. The molecule has 3 aliphatic rings. The number of fused-ring (bicyclic) bond motifs is 2. The molecular weight excluding hydrogens is 260 g/mol. The standard InChI is InChI=1S/C14H20N2O2S/c1-8-12(6-15-14(19)16-8)13(17)18-7-11-5-9-2-3-10(11)4-9/h9-11H,2-7H2,1H3,(H2,15,16,19)/t9-,10+,11?/m1/s1. The van der Waals surface area contributed by atoms with Gasteiger partial charge in [0.2, 0.25) is 0 Å². The fourth-order valence-corrected chi connectivity index (χ4v) is 3.89. The summed E-state index contributed by atoms with van der Waals surface area (Å²) in [7, 11) is 0. The summed E-state index contributed by atoms with van der Waals surface area (Å²) in [4.78, 5) is 12.1. The fraction of sp³-hybridized carbons (Fsp3) is 0.714. The summed E-state index contributed by atoms with van der Waals surface area (Å²) in [6, 6.07) is 0. The van der Waals surface area contributed by atoms with Crippen LogP contribution in [0.1, 0.15) is 32.6 Å². The summed E-state index contributed by atoms with van der Waals surface area (Å²) in [6.45, 7) is 2.91. The minimum Gasteiger partial charge on any atom is -0.462 e. The highest BCUT2D eigenvalue weighted by Crippen LogP contribution is 2.48. The van der Waals surface area contributed by atoms with Crippen molar-refractivity contribution in [3.05, 3.63) is 11.3 Å². The number of carbonyl (C=O) groups is 1. The number of rotatable bonds is 3. The molecule has 0 spiro atoms. The van der Waals surface area contributed by atoms with Crippen LogP contribution in [0.3, 0.4) is 0 Å². The third-order valence-corrected chi connectivity index (χ3v) is 4.99. The van der Waals surface area contributed by atoms with E-state index in [0.717, 1.165) is 17.5 Å². The van der Waals surface area contributed by atoms with Crippen molar-refractivity contribution in [1.82, 2.24) is 10.6 Å². The van der Waals surface area contributed by atoms with Gasteiger partial charge in [-0.25, -0.2) is 4.79 Å². The Kier molecular flexibility index (Phi) is 3.48. The minimum atomic E-state index is -0.206. The second-order valence-corrected chi connectivity index (χ2v) is 6.35. The molecule has 0 radical (unpaired) electrons. The molecule has 3 atom stereocenters. The number of hydrogen-bond donors (Lipinski definition) is 2. The smallest absolute Gasteiger partial charge is 0.337 e. The molecule has 1 aliphatic heterocycles. The van der Waals surface area contributed by atoms with Crippen molar-refractivity contribution in [3.8, 4) is 0 Å². The number of ether oxygens (including phenoxy) is 1. The van der Waals surface area contributed by atoms with Crippen LogP contribution in [0.25, 0.3) is 0 Å². The monoisotopic (exact) mass is 280 g/mol. The molecule has 2 fully saturated rings. The van der Waals surface area contributed by atoms with Gasteiger partial charge in [-0.15, -0.1) is 0 Å². The predicted octanol–water partition coefficient (Wildman–Crippen LogP) is 1.72. The number of hydrogen-bond acceptors (Lipinski definition) is 3. The van der Waals surface area contributed by atoms with Crippen molar-refractivity contribution in [2.45, 2.75) is 32.6 Å². The quantitative estimate of drug-likeness (QED) is 0.609. The summed E-state index contributed by atoms with van der Waals surface area (Å²) < 4.78 is 5.50. The third kappa shape index (κ3) is 2.61. The van der Waals surface area contributed by atoms with E-state index >= 15 is 0 Å². The van der Waals surface area contributed by atoms with Gasteiger partial charge < -0.3 is 15.4 Å². The Hall–Kier alpha value is -1.10. The molecule has 2 bridgehead atoms. The molecule has 2 aliphatic carbocycles. The Morgan fingerprint density at radius 2 is 2.26 bits per heavy atom. The van der Waals surface area contributed by atoms with Gasteiger partial charge in [0.15, 0.2) is 5.11 Å². The molecule has 1 heterocycles. The van der Waals surface area contributed by atoms with E-state index in [2.05, 4.69) is 10.6 Å². The molecule has 5 heteroatoms. The number of allylic oxidation sites excluding steroid dienone is 1. The summed E-state index contributed by atoms with van der Waals surface area (Å²) in [5, 5.41) is 6.50. The van der Waals surface area contributed by atoms with E-state index in [1.54, 1.807) is 0 Å². The zero-order valence-electron chi connectivity index (χ0n) is 11.2. The Morgan fingerprint density at radius 3 is 2.89 bits per heavy atom. The van der Waals surface area contributed by atoms with E-state index in [1.165, 1.54) is 25.7 Å². The molecule has 2 saturated carbocycles. The molecule has 0 aromatic carbocycles. The molecule has 19 heavy (non-hydrogen) atoms. The number of carbonyl (C=O) groups excluding carboxylic acids is 1. The molecule has 0 saturated heterocycles. The fourth-order valence-electron chi connectivity index (χ4n) is 3.67. The SMILES string of the molecule is CC1=C(C(=O)OCC2C[C@@H]3CC[C@H]2C3)CNC(=S)N1. The van der Waals surface area contributed by atoms with Crippen molar-refractivity contribution in [1.29, 1.82) is 0 Å². The number of thiocarbonyl (C=S) groups is 1. The van der Waals surface area contributed by atoms with E-state index in [4.69, 9.17) is 17.0 Å². The molecule has 3 rings (SSSR count). The van der Waals surface area contributed by atoms with Crippen LogP contribution in [-0.4, -0.2) is 24.2 Å². The molecule has 0 amide bonds. The normalized spacial score (nSPS) is 33.1. The lowest BCUT2D eigenvalue weighted by atomic mass is 9.89. The van der Waals surface area contributed by atoms with Crippen LogP contribution >= 0.6 is 12.2 Å². The summed E-state index contributed by atoms with van der Waals surface area (Å²) in [6.07, 6.45) is 5.30. The molecular formula is C14H20N2O2S. The number of nitrogens with one attached hydrogen (secondary N) is 2. The van der Waals surface area contributed by atoms with Gasteiger partial charge in [0.25, 0.3) is 0 Å². The van der Waals surface area contributed by atoms with Crippen LogP contribution in [0.15, 0.2) is 11.3 Å². The lowest BCUT2D eigenvalue weighted by Gasteiger charge is -2.24. The van der Waals surface area contributed by atoms with Crippen LogP contribution in [0, 0.1) is 17.8 Å². The lowest BCUT2D eigenvalue weighted by molar-refractivity contribution is -0.141. The summed E-state index contributed by atoms with van der Waals surface area (Å²) in [5.74, 6) is 2.07. The maximum atomic E-state index is 12.1. The summed E-state index contributed by atoms with van der Waals surface area (Å²) >= 11 is 5.00. The van der Waals surface area contributed by atoms with Crippen molar-refractivity contribution >= 4 is 23.3 Å². The van der Waals surface area contributed by atoms with Crippen molar-refractivity contribution in [2.75, 3.05) is 13.2 Å². The van der Waals surface area contributed by atoms with E-state index in [9.17, 15) is 4.79 Å². The van der Waals surface area contributed by atoms with Crippen LogP contribution in [0.5, 0.6) is 0 Å². The van der Waals surface area contributed by atoms with Gasteiger partial charge in [-0.1, -0.05) is 6.42 Å². The Balaban J connectivity index is 1.54. The van der Waals surface area contributed by atoms with Gasteiger partial charge in [-0.2, -0.15) is 0 Å². The van der Waals surface area contributed by atoms with Crippen LogP contribution in [0.4, 0.5) is 0 Å². The van der Waals surface area contributed by atoms with Crippen molar-refractivity contribution in [2.24, 2.45) is 17.8 Å². The molecule has 0 aromatic rings. The average Bonchev–Trinajstić information content (AvgIpc) is 2.98. The first-order valence-electron chi connectivity index (χ1n) is 7.05. The van der Waals surface area contributed by atoms with E-state index in [-0.39, 0.29) is 5.97 Å². The zero-order valence-corrected chi connectivity index (χ0v) is 12.0. The summed E-state index contributed by atoms with van der Waals surface area (Å²) in [5.41, 5.74) is 1.47. The van der Waals surface area contributed by atoms with Gasteiger partial charge in [0, 0.05) is 5.70 Å². The maximum Gasteiger partial charge on any atom is 0.337 e. The van der Waals surface area contributed by atoms with Crippen molar-refractivity contribution in [3.63, 3.8) is 0 Å². The first-order chi connectivity index (χ1) is 9.13. The van der Waals surface area contributed by atoms with Gasteiger partial charge in [0.05, 0.1) is 18.7 Å². The van der Waals surface area contributed by atoms with Crippen LogP contribution in [-0.2, 0) is 9.53 Å². The van der Waals surface area contributed by atoms with Gasteiger partial charge in [0.1, 0.15) is 0 Å². The van der Waals surface area contributed by atoms with E-state index in [0.29, 0.717) is 29.8 Å². The van der Waals surface area contributed by atoms with Crippen LogP contribution < -0.4 is 10.6 Å². The Bertz CT molecular complexity index is 447. The zero-order chi connectivity index (χ0) is 13.4. The highest BCUT2D eigenvalue weighted by atomic mass is 32.1. The first kappa shape index (κ1) is 12.9. The van der Waals surface area contributed by atoms with Gasteiger partial charge >= 0.3 is 5.97 Å². The number of esters is 1. The highest BCUT2D eigenvalue weighted by molar-refractivity contribution is 7.80. The van der Waals surface area contributed by atoms with Gasteiger partial charge in [-0.05, 0) is 56.2 Å². The lowest BCUT2D eigenvalue weighted by Crippen LogP contribution is -2.43. The predicted molar refractivity (Wildman–Crippen MR) is 76.3 cm³/mol. The van der Waals surface area contributed by atoms with Gasteiger partial charge in [-0.3, -0.25) is 0 Å². The Morgan fingerprint density at radius 1 is 1.42 bits per heavy atom. The van der Waals surface area contributed by atoms with E-state index in [1.807, 2.05) is 6.92 Å². The average molecular weight is 280 g/mol. The molecule has 104 valence electrons. The molecule has 2 N–H and O–H groups in total. The topological polar surface area (TPSA) is 50.4 Å². The minimum absolute atomic E-state index is 0.206. The first-order valence-corrected chi connectivity index (χ1v) is 7.46. The maximum absolute atomic E-state index is 12.1. The van der Waals surface area contributed by atoms with Crippen LogP contribution in [0.2, 0.25) is 0 Å². The van der Waals surface area contributed by atoms with E-state index < -0.39 is 0 Å². The largest absolute Gasteiger partial charge is 0.462 e. The van der Waals surface area contributed by atoms with Crippen molar-refractivity contribution < 1.29 is 9.53 Å². The molecule has 0 aromatic heterocycles. The third-order valence-electron chi connectivity index (χ3n) is 4.74. The Labute approximate surface area is 119 Å². The second-order valence-electron chi connectivity index (χ2n) is 5.94. The highest BCUT2D eigenvalue weighted by Gasteiger charge is 2.40. The molecule has 4 nitrogen and oxygen atoms in total. The molecule has 1 unspecified atom stereocenters.